The van der Waals surface area contributed by atoms with E-state index in [1.165, 1.54) is 18.3 Å². The molecule has 1 saturated carbocycles. The lowest BCUT2D eigenvalue weighted by atomic mass is 9.79. The van der Waals surface area contributed by atoms with Gasteiger partial charge < -0.3 is 10.6 Å². The molecule has 0 radical (unpaired) electrons. The topological polar surface area (TPSA) is 54.0 Å². The Balaban J connectivity index is 1.85. The Labute approximate surface area is 214 Å². The third kappa shape index (κ3) is 6.36. The SMILES string of the molecule is O=C(NC1CCC(F)(F)C1)N[C@](Cc1ccccc1)(c1cc(F)cc(C(F)(F)F)c1)c1ccc(Cl)cn1. The third-order valence-corrected chi connectivity index (χ3v) is 6.48. The Morgan fingerprint density at radius 2 is 1.76 bits per heavy atom. The van der Waals surface area contributed by atoms with Crippen LogP contribution in [-0.4, -0.2) is 23.0 Å². The van der Waals surface area contributed by atoms with Gasteiger partial charge in [0.2, 0.25) is 5.92 Å². The maximum atomic E-state index is 14.6. The molecular weight excluding hydrogens is 520 g/mol. The molecule has 37 heavy (non-hydrogen) atoms. The highest BCUT2D eigenvalue weighted by Crippen LogP contribution is 2.38. The first kappa shape index (κ1) is 26.8. The number of benzene rings is 2. The van der Waals surface area contributed by atoms with E-state index in [1.807, 2.05) is 0 Å². The van der Waals surface area contributed by atoms with E-state index >= 15 is 0 Å². The Hall–Kier alpha value is -3.27. The van der Waals surface area contributed by atoms with Crippen molar-refractivity contribution in [1.82, 2.24) is 15.6 Å². The third-order valence-electron chi connectivity index (χ3n) is 6.26. The fraction of sp³-hybridized carbons (Fsp3) is 0.308. The summed E-state index contributed by atoms with van der Waals surface area (Å²) >= 11 is 5.98. The van der Waals surface area contributed by atoms with E-state index in [2.05, 4.69) is 15.6 Å². The van der Waals surface area contributed by atoms with Gasteiger partial charge in [0.05, 0.1) is 16.3 Å². The molecule has 2 atom stereocenters. The molecule has 1 aliphatic carbocycles. The van der Waals surface area contributed by atoms with Crippen LogP contribution in [0.15, 0.2) is 66.9 Å². The quantitative estimate of drug-likeness (QED) is 0.335. The molecule has 1 heterocycles. The van der Waals surface area contributed by atoms with Gasteiger partial charge in [0, 0.05) is 31.5 Å². The highest BCUT2D eigenvalue weighted by Gasteiger charge is 2.43. The molecular formula is C26H22ClF6N3O. The molecule has 3 aromatic rings. The summed E-state index contributed by atoms with van der Waals surface area (Å²) in [5, 5.41) is 5.37. The maximum absolute atomic E-state index is 14.6. The molecule has 0 aliphatic heterocycles. The molecule has 1 aliphatic rings. The highest BCUT2D eigenvalue weighted by atomic mass is 35.5. The van der Waals surface area contributed by atoms with E-state index in [0.717, 1.165) is 12.1 Å². The second-order valence-electron chi connectivity index (χ2n) is 9.05. The van der Waals surface area contributed by atoms with E-state index in [1.54, 1.807) is 30.3 Å². The number of carbonyl (C=O) groups is 1. The van der Waals surface area contributed by atoms with Crippen LogP contribution in [0, 0.1) is 5.82 Å². The molecule has 2 N–H and O–H groups in total. The summed E-state index contributed by atoms with van der Waals surface area (Å²) in [7, 11) is 0. The van der Waals surface area contributed by atoms with Crippen molar-refractivity contribution < 1.29 is 31.1 Å². The van der Waals surface area contributed by atoms with Crippen LogP contribution in [0.5, 0.6) is 0 Å². The predicted molar refractivity (Wildman–Crippen MR) is 126 cm³/mol. The molecule has 11 heteroatoms. The number of halogens is 7. The minimum absolute atomic E-state index is 0.0312. The smallest absolute Gasteiger partial charge is 0.335 e. The van der Waals surface area contributed by atoms with Gasteiger partial charge in [-0.2, -0.15) is 13.2 Å². The lowest BCUT2D eigenvalue weighted by molar-refractivity contribution is -0.137. The second kappa shape index (κ2) is 10.2. The second-order valence-corrected chi connectivity index (χ2v) is 9.49. The van der Waals surface area contributed by atoms with Gasteiger partial charge in [-0.05, 0) is 47.9 Å². The summed E-state index contributed by atoms with van der Waals surface area (Å²) in [5.41, 5.74) is -2.65. The number of hydrogen-bond donors (Lipinski definition) is 2. The standard InChI is InChI=1S/C26H22ClF6N3O/c27-19-6-7-22(34-15-19)25(13-16-4-2-1-3-5-16,17-10-18(26(31,32)33)12-20(28)11-17)36-23(37)35-21-8-9-24(29,30)14-21/h1-7,10-12,15,21H,8-9,13-14H2,(H2,35,36,37)/t21?,25-/m1/s1. The lowest BCUT2D eigenvalue weighted by Gasteiger charge is -2.36. The summed E-state index contributed by atoms with van der Waals surface area (Å²) in [4.78, 5) is 17.4. The number of hydrogen-bond acceptors (Lipinski definition) is 2. The zero-order valence-corrected chi connectivity index (χ0v) is 20.0. The van der Waals surface area contributed by atoms with Gasteiger partial charge in [-0.15, -0.1) is 0 Å². The number of aromatic nitrogens is 1. The van der Waals surface area contributed by atoms with Crippen LogP contribution < -0.4 is 10.6 Å². The van der Waals surface area contributed by atoms with Crippen molar-refractivity contribution in [3.8, 4) is 0 Å². The van der Waals surface area contributed by atoms with Crippen LogP contribution in [0.1, 0.15) is 41.6 Å². The lowest BCUT2D eigenvalue weighted by Crippen LogP contribution is -2.54. The molecule has 2 aromatic carbocycles. The molecule has 0 saturated heterocycles. The van der Waals surface area contributed by atoms with Crippen molar-refractivity contribution in [2.75, 3.05) is 0 Å². The van der Waals surface area contributed by atoms with Gasteiger partial charge in [-0.3, -0.25) is 4.98 Å². The first-order valence-electron chi connectivity index (χ1n) is 11.4. The Morgan fingerprint density at radius 3 is 2.35 bits per heavy atom. The average molecular weight is 542 g/mol. The van der Waals surface area contributed by atoms with Gasteiger partial charge in [0.15, 0.2) is 0 Å². The number of carbonyl (C=O) groups excluding carboxylic acids is 1. The van der Waals surface area contributed by atoms with Gasteiger partial charge >= 0.3 is 12.2 Å². The Bertz CT molecular complexity index is 1250. The fourth-order valence-corrected chi connectivity index (χ4v) is 4.65. The van der Waals surface area contributed by atoms with Crippen LogP contribution in [0.3, 0.4) is 0 Å². The number of amides is 2. The van der Waals surface area contributed by atoms with Crippen molar-refractivity contribution in [3.05, 3.63) is 100 Å². The van der Waals surface area contributed by atoms with Crippen molar-refractivity contribution >= 4 is 17.6 Å². The number of alkyl halides is 5. The fourth-order valence-electron chi connectivity index (χ4n) is 4.54. The summed E-state index contributed by atoms with van der Waals surface area (Å²) in [6.45, 7) is 0. The van der Waals surface area contributed by atoms with Crippen LogP contribution >= 0.6 is 11.6 Å². The first-order valence-corrected chi connectivity index (χ1v) is 11.7. The Morgan fingerprint density at radius 1 is 1.05 bits per heavy atom. The van der Waals surface area contributed by atoms with Gasteiger partial charge in [0.1, 0.15) is 11.4 Å². The molecule has 1 fully saturated rings. The number of nitrogens with one attached hydrogen (secondary N) is 2. The van der Waals surface area contributed by atoms with Crippen LogP contribution in [-0.2, 0) is 18.1 Å². The zero-order chi connectivity index (χ0) is 26.8. The molecule has 0 spiro atoms. The molecule has 1 aromatic heterocycles. The molecule has 0 bridgehead atoms. The summed E-state index contributed by atoms with van der Waals surface area (Å²) in [6, 6.07) is 11.6. The van der Waals surface area contributed by atoms with Crippen molar-refractivity contribution in [1.29, 1.82) is 0 Å². The minimum Gasteiger partial charge on any atom is -0.335 e. The molecule has 4 nitrogen and oxygen atoms in total. The van der Waals surface area contributed by atoms with Crippen molar-refractivity contribution in [2.45, 2.75) is 49.4 Å². The molecule has 4 rings (SSSR count). The Kier molecular flexibility index (Phi) is 7.41. The molecule has 196 valence electrons. The van der Waals surface area contributed by atoms with E-state index < -0.39 is 53.9 Å². The number of nitrogens with zero attached hydrogens (tertiary/aromatic N) is 1. The van der Waals surface area contributed by atoms with Crippen LogP contribution in [0.4, 0.5) is 31.1 Å². The number of rotatable bonds is 6. The summed E-state index contributed by atoms with van der Waals surface area (Å²) in [5.74, 6) is -4.10. The van der Waals surface area contributed by atoms with E-state index in [0.29, 0.717) is 11.6 Å². The highest BCUT2D eigenvalue weighted by molar-refractivity contribution is 6.30. The van der Waals surface area contributed by atoms with Crippen LogP contribution in [0.25, 0.3) is 0 Å². The van der Waals surface area contributed by atoms with Crippen molar-refractivity contribution in [3.63, 3.8) is 0 Å². The van der Waals surface area contributed by atoms with E-state index in [-0.39, 0.29) is 29.1 Å². The first-order chi connectivity index (χ1) is 17.4. The molecule has 2 amide bonds. The van der Waals surface area contributed by atoms with E-state index in [9.17, 15) is 31.1 Å². The molecule has 1 unspecified atom stereocenters. The monoisotopic (exact) mass is 541 g/mol. The van der Waals surface area contributed by atoms with E-state index in [4.69, 9.17) is 11.6 Å². The minimum atomic E-state index is -4.87. The van der Waals surface area contributed by atoms with Gasteiger partial charge in [0.25, 0.3) is 0 Å². The largest absolute Gasteiger partial charge is 0.416 e. The van der Waals surface area contributed by atoms with Crippen molar-refractivity contribution in [2.24, 2.45) is 0 Å². The van der Waals surface area contributed by atoms with Crippen LogP contribution in [0.2, 0.25) is 5.02 Å². The maximum Gasteiger partial charge on any atom is 0.416 e. The zero-order valence-electron chi connectivity index (χ0n) is 19.3. The van der Waals surface area contributed by atoms with Gasteiger partial charge in [-0.1, -0.05) is 41.9 Å². The number of urea groups is 1. The number of pyridine rings is 1. The normalized spacial score (nSPS) is 18.7. The summed E-state index contributed by atoms with van der Waals surface area (Å²) in [6.07, 6.45) is -4.69. The predicted octanol–water partition coefficient (Wildman–Crippen LogP) is 6.87. The summed E-state index contributed by atoms with van der Waals surface area (Å²) < 4.78 is 83.0. The average Bonchev–Trinajstić information content (AvgIpc) is 3.16. The van der Waals surface area contributed by atoms with Gasteiger partial charge in [-0.25, -0.2) is 18.0 Å².